The summed E-state index contributed by atoms with van der Waals surface area (Å²) in [5.41, 5.74) is 2.80. The van der Waals surface area contributed by atoms with Crippen molar-refractivity contribution in [3.05, 3.63) is 33.8 Å². The van der Waals surface area contributed by atoms with Crippen LogP contribution in [0.5, 0.6) is 0 Å². The molecule has 1 N–H and O–H groups in total. The van der Waals surface area contributed by atoms with E-state index in [-0.39, 0.29) is 6.03 Å². The molecule has 2 amide bonds. The molecular formula is C17H24N4O2S. The molecular weight excluding hydrogens is 324 g/mol. The second-order valence-electron chi connectivity index (χ2n) is 6.11. The van der Waals surface area contributed by atoms with Crippen molar-refractivity contribution in [1.82, 2.24) is 15.0 Å². The largest absolute Gasteiger partial charge is 0.359 e. The van der Waals surface area contributed by atoms with Crippen LogP contribution in [-0.2, 0) is 6.42 Å². The Morgan fingerprint density at radius 3 is 2.79 bits per heavy atom. The summed E-state index contributed by atoms with van der Waals surface area (Å²) < 4.78 is 5.23. The van der Waals surface area contributed by atoms with Gasteiger partial charge in [-0.3, -0.25) is 4.90 Å². The van der Waals surface area contributed by atoms with Crippen LogP contribution in [0.15, 0.2) is 21.3 Å². The molecule has 1 saturated heterocycles. The Balaban J connectivity index is 1.56. The zero-order chi connectivity index (χ0) is 17.1. The summed E-state index contributed by atoms with van der Waals surface area (Å²) in [6.45, 7) is 9.28. The molecule has 0 spiro atoms. The molecule has 2 aromatic rings. The summed E-state index contributed by atoms with van der Waals surface area (Å²) in [5, 5.41) is 11.2. The summed E-state index contributed by atoms with van der Waals surface area (Å²) in [7, 11) is 0. The molecule has 2 aromatic heterocycles. The molecule has 1 atom stereocenters. The summed E-state index contributed by atoms with van der Waals surface area (Å²) in [5.74, 6) is 0.727. The van der Waals surface area contributed by atoms with E-state index >= 15 is 0 Å². The van der Waals surface area contributed by atoms with Crippen molar-refractivity contribution < 1.29 is 9.32 Å². The van der Waals surface area contributed by atoms with Crippen LogP contribution >= 0.6 is 11.3 Å². The van der Waals surface area contributed by atoms with Crippen molar-refractivity contribution in [2.45, 2.75) is 33.2 Å². The number of aromatic nitrogens is 1. The monoisotopic (exact) mass is 348 g/mol. The van der Waals surface area contributed by atoms with E-state index in [0.29, 0.717) is 12.5 Å². The minimum absolute atomic E-state index is 0.0705. The molecule has 0 radical (unpaired) electrons. The van der Waals surface area contributed by atoms with Crippen molar-refractivity contribution >= 4 is 23.1 Å². The number of carbonyl (C=O) groups is 1. The number of carbonyl (C=O) groups excluding carboxylic acids is 1. The Hall–Kier alpha value is -1.86. The van der Waals surface area contributed by atoms with Crippen LogP contribution in [0.3, 0.4) is 0 Å². The molecule has 1 aliphatic rings. The van der Waals surface area contributed by atoms with Gasteiger partial charge in [0.1, 0.15) is 11.4 Å². The molecule has 3 heterocycles. The highest BCUT2D eigenvalue weighted by molar-refractivity contribution is 7.07. The number of rotatable bonds is 4. The number of thiophene rings is 1. The highest BCUT2D eigenvalue weighted by Crippen LogP contribution is 2.24. The normalized spacial score (nSPS) is 17.0. The Morgan fingerprint density at radius 2 is 2.17 bits per heavy atom. The zero-order valence-corrected chi connectivity index (χ0v) is 15.2. The summed E-state index contributed by atoms with van der Waals surface area (Å²) in [6.07, 6.45) is 0.711. The Bertz CT molecular complexity index is 675. The second-order valence-corrected chi connectivity index (χ2v) is 6.89. The van der Waals surface area contributed by atoms with Crippen LogP contribution < -0.4 is 5.32 Å². The van der Waals surface area contributed by atoms with Gasteiger partial charge in [-0.15, -0.1) is 0 Å². The molecule has 0 aromatic carbocycles. The molecule has 1 unspecified atom stereocenters. The van der Waals surface area contributed by atoms with E-state index in [0.717, 1.165) is 43.3 Å². The number of hydrogen-bond donors (Lipinski definition) is 1. The fourth-order valence-corrected chi connectivity index (χ4v) is 3.79. The van der Waals surface area contributed by atoms with E-state index in [4.69, 9.17) is 4.52 Å². The van der Waals surface area contributed by atoms with Gasteiger partial charge in [-0.05, 0) is 36.2 Å². The number of nitrogens with one attached hydrogen (secondary N) is 1. The fraction of sp³-hybridized carbons (Fsp3) is 0.529. The first-order valence-corrected chi connectivity index (χ1v) is 9.31. The predicted molar refractivity (Wildman–Crippen MR) is 95.5 cm³/mol. The maximum Gasteiger partial charge on any atom is 0.322 e. The molecule has 6 nitrogen and oxygen atoms in total. The van der Waals surface area contributed by atoms with Gasteiger partial charge in [0.25, 0.3) is 0 Å². The first-order valence-electron chi connectivity index (χ1n) is 8.37. The van der Waals surface area contributed by atoms with Crippen LogP contribution in [-0.4, -0.2) is 47.2 Å². The van der Waals surface area contributed by atoms with Gasteiger partial charge >= 0.3 is 6.03 Å². The Kier molecular flexibility index (Phi) is 5.20. The number of hydrogen-bond acceptors (Lipinski definition) is 5. The predicted octanol–water partition coefficient (Wildman–Crippen LogP) is 3.52. The van der Waals surface area contributed by atoms with Crippen molar-refractivity contribution in [1.29, 1.82) is 0 Å². The van der Waals surface area contributed by atoms with Gasteiger partial charge in [0.2, 0.25) is 0 Å². The average molecular weight is 348 g/mol. The van der Waals surface area contributed by atoms with E-state index in [1.54, 1.807) is 11.3 Å². The number of urea groups is 1. The van der Waals surface area contributed by atoms with Crippen LogP contribution in [0.2, 0.25) is 0 Å². The lowest BCUT2D eigenvalue weighted by Gasteiger charge is -2.37. The molecule has 1 aliphatic heterocycles. The number of nitrogens with zero attached hydrogens (tertiary/aromatic N) is 3. The topological polar surface area (TPSA) is 61.6 Å². The molecule has 3 rings (SSSR count). The lowest BCUT2D eigenvalue weighted by atomic mass is 10.1. The average Bonchev–Trinajstić information content (AvgIpc) is 3.25. The minimum Gasteiger partial charge on any atom is -0.359 e. The molecule has 24 heavy (non-hydrogen) atoms. The van der Waals surface area contributed by atoms with Crippen molar-refractivity contribution in [2.75, 3.05) is 31.5 Å². The van der Waals surface area contributed by atoms with Gasteiger partial charge in [0.15, 0.2) is 5.76 Å². The number of anilines is 1. The van der Waals surface area contributed by atoms with Gasteiger partial charge in [0, 0.05) is 38.6 Å². The van der Waals surface area contributed by atoms with Crippen LogP contribution in [0.25, 0.3) is 0 Å². The van der Waals surface area contributed by atoms with Crippen LogP contribution in [0.4, 0.5) is 10.5 Å². The highest BCUT2D eigenvalue weighted by Gasteiger charge is 2.26. The maximum atomic E-state index is 12.5. The third-order valence-electron chi connectivity index (χ3n) is 4.66. The maximum absolute atomic E-state index is 12.5. The third-order valence-corrected chi connectivity index (χ3v) is 5.36. The first-order chi connectivity index (χ1) is 11.6. The third kappa shape index (κ3) is 3.47. The zero-order valence-electron chi connectivity index (χ0n) is 14.4. The molecule has 0 bridgehead atoms. The van der Waals surface area contributed by atoms with Crippen LogP contribution in [0.1, 0.15) is 36.9 Å². The number of aryl methyl sites for hydroxylation is 2. The van der Waals surface area contributed by atoms with E-state index in [9.17, 15) is 4.79 Å². The second kappa shape index (κ2) is 7.36. The van der Waals surface area contributed by atoms with E-state index < -0.39 is 0 Å². The lowest BCUT2D eigenvalue weighted by Crippen LogP contribution is -2.50. The smallest absolute Gasteiger partial charge is 0.322 e. The molecule has 0 aliphatic carbocycles. The van der Waals surface area contributed by atoms with E-state index in [1.165, 1.54) is 5.56 Å². The summed E-state index contributed by atoms with van der Waals surface area (Å²) >= 11 is 1.73. The van der Waals surface area contributed by atoms with Crippen LogP contribution in [0, 0.1) is 6.92 Å². The van der Waals surface area contributed by atoms with Crippen molar-refractivity contribution in [3.8, 4) is 0 Å². The first kappa shape index (κ1) is 17.0. The highest BCUT2D eigenvalue weighted by atomic mass is 32.1. The van der Waals surface area contributed by atoms with E-state index in [1.807, 2.05) is 18.7 Å². The van der Waals surface area contributed by atoms with Gasteiger partial charge in [-0.1, -0.05) is 12.1 Å². The Labute approximate surface area is 146 Å². The van der Waals surface area contributed by atoms with Gasteiger partial charge in [-0.2, -0.15) is 11.3 Å². The van der Waals surface area contributed by atoms with Gasteiger partial charge < -0.3 is 14.7 Å². The molecule has 1 fully saturated rings. The Morgan fingerprint density at radius 1 is 1.42 bits per heavy atom. The van der Waals surface area contributed by atoms with E-state index in [2.05, 4.69) is 39.1 Å². The summed E-state index contributed by atoms with van der Waals surface area (Å²) in [6, 6.07) is 2.50. The van der Waals surface area contributed by atoms with Gasteiger partial charge in [-0.25, -0.2) is 4.79 Å². The van der Waals surface area contributed by atoms with Crippen molar-refractivity contribution in [2.24, 2.45) is 0 Å². The standard InChI is InChI=1S/C17H24N4O2S/c1-4-15-16(12(2)19-23-15)18-17(22)21-8-6-20(7-9-21)13(3)14-5-10-24-11-14/h5,10-11,13H,4,6-9H2,1-3H3,(H,18,22). The molecule has 130 valence electrons. The SMILES string of the molecule is CCc1onc(C)c1NC(=O)N1CCN(C(C)c2ccsc2)CC1. The fourth-order valence-electron chi connectivity index (χ4n) is 3.04. The van der Waals surface area contributed by atoms with Gasteiger partial charge in [0.05, 0.1) is 0 Å². The lowest BCUT2D eigenvalue weighted by molar-refractivity contribution is 0.119. The summed E-state index contributed by atoms with van der Waals surface area (Å²) in [4.78, 5) is 16.8. The number of amides is 2. The minimum atomic E-state index is -0.0705. The van der Waals surface area contributed by atoms with Crippen molar-refractivity contribution in [3.63, 3.8) is 0 Å². The number of piperazine rings is 1. The molecule has 7 heteroatoms. The quantitative estimate of drug-likeness (QED) is 0.918. The molecule has 0 saturated carbocycles.